The Morgan fingerprint density at radius 2 is 1.61 bits per heavy atom. The van der Waals surface area contributed by atoms with Gasteiger partial charge in [-0.25, -0.2) is 9.79 Å². The average molecular weight is 855 g/mol. The lowest BCUT2D eigenvalue weighted by atomic mass is 9.93. The second-order valence-corrected chi connectivity index (χ2v) is 13.6. The Balaban J connectivity index is 1.49. The van der Waals surface area contributed by atoms with Gasteiger partial charge in [-0.2, -0.15) is 0 Å². The number of benzene rings is 4. The molecule has 0 bridgehead atoms. The molecule has 2 heterocycles. The standard InChI is InChI=1S/C36H28I2N2O5S/c1-3-44-35(42)30-31(24-12-8-5-9-13-24)39-36-40(32(30)25-14-16-26(43-2)17-15-25)34(41)29(46-36)20-23-18-27(37)33(28(38)19-23)45-21-22-10-6-4-7-11-22/h4-20,32H,3,21H2,1-2H3/b29-20-/t32-/m1/s1. The van der Waals surface area contributed by atoms with Crippen molar-refractivity contribution in [3.8, 4) is 11.5 Å². The predicted octanol–water partition coefficient (Wildman–Crippen LogP) is 6.73. The molecule has 0 radical (unpaired) electrons. The summed E-state index contributed by atoms with van der Waals surface area (Å²) >= 11 is 5.83. The molecular formula is C36H28I2N2O5S. The number of ether oxygens (including phenoxy) is 3. The van der Waals surface area contributed by atoms with Crippen LogP contribution in [0.25, 0.3) is 11.8 Å². The molecule has 232 valence electrons. The Kier molecular flexibility index (Phi) is 10.0. The van der Waals surface area contributed by atoms with Crippen molar-refractivity contribution in [2.75, 3.05) is 13.7 Å². The average Bonchev–Trinajstić information content (AvgIpc) is 3.38. The fraction of sp³-hybridized carbons (Fsp3) is 0.139. The van der Waals surface area contributed by atoms with Gasteiger partial charge in [-0.15, -0.1) is 0 Å². The Morgan fingerprint density at radius 3 is 2.24 bits per heavy atom. The van der Waals surface area contributed by atoms with Crippen LogP contribution in [0.5, 0.6) is 11.5 Å². The summed E-state index contributed by atoms with van der Waals surface area (Å²) in [7, 11) is 1.60. The van der Waals surface area contributed by atoms with E-state index in [4.69, 9.17) is 19.2 Å². The molecule has 0 unspecified atom stereocenters. The zero-order valence-corrected chi connectivity index (χ0v) is 30.0. The van der Waals surface area contributed by atoms with Crippen molar-refractivity contribution in [3.63, 3.8) is 0 Å². The van der Waals surface area contributed by atoms with Gasteiger partial charge in [0.2, 0.25) is 0 Å². The van der Waals surface area contributed by atoms with Gasteiger partial charge < -0.3 is 14.2 Å². The Morgan fingerprint density at radius 1 is 0.957 bits per heavy atom. The van der Waals surface area contributed by atoms with E-state index >= 15 is 0 Å². The molecular weight excluding hydrogens is 826 g/mol. The highest BCUT2D eigenvalue weighted by atomic mass is 127. The molecule has 4 aromatic carbocycles. The van der Waals surface area contributed by atoms with Crippen LogP contribution < -0.4 is 24.4 Å². The van der Waals surface area contributed by atoms with Gasteiger partial charge >= 0.3 is 5.97 Å². The predicted molar refractivity (Wildman–Crippen MR) is 197 cm³/mol. The third-order valence-electron chi connectivity index (χ3n) is 7.35. The van der Waals surface area contributed by atoms with Crippen molar-refractivity contribution in [3.05, 3.63) is 152 Å². The first-order valence-electron chi connectivity index (χ1n) is 14.5. The summed E-state index contributed by atoms with van der Waals surface area (Å²) in [5, 5.41) is 0. The molecule has 1 aliphatic rings. The molecule has 10 heteroatoms. The third kappa shape index (κ3) is 6.69. The quantitative estimate of drug-likeness (QED) is 0.122. The highest BCUT2D eigenvalue weighted by molar-refractivity contribution is 14.1. The van der Waals surface area contributed by atoms with Gasteiger partial charge in [0.05, 0.1) is 42.7 Å². The lowest BCUT2D eigenvalue weighted by Gasteiger charge is -2.26. The fourth-order valence-corrected chi connectivity index (χ4v) is 8.35. The van der Waals surface area contributed by atoms with Crippen molar-refractivity contribution in [2.24, 2.45) is 4.99 Å². The molecule has 6 rings (SSSR count). The van der Waals surface area contributed by atoms with Crippen molar-refractivity contribution >= 4 is 74.3 Å². The van der Waals surface area contributed by atoms with Crippen molar-refractivity contribution in [1.29, 1.82) is 0 Å². The number of carbonyl (C=O) groups is 1. The number of fused-ring (bicyclic) bond motifs is 1. The van der Waals surface area contributed by atoms with Gasteiger partial charge in [0.1, 0.15) is 18.1 Å². The van der Waals surface area contributed by atoms with Gasteiger partial charge in [-0.05, 0) is 99.1 Å². The Bertz CT molecular complexity index is 2090. The summed E-state index contributed by atoms with van der Waals surface area (Å²) in [5.41, 5.74) is 3.99. The lowest BCUT2D eigenvalue weighted by molar-refractivity contribution is -0.138. The molecule has 46 heavy (non-hydrogen) atoms. The minimum atomic E-state index is -0.757. The zero-order chi connectivity index (χ0) is 32.2. The van der Waals surface area contributed by atoms with Gasteiger partial charge in [0.25, 0.3) is 5.56 Å². The Labute approximate surface area is 297 Å². The number of thiazole rings is 1. The SMILES string of the molecule is CCOC(=O)C1=C(c2ccccc2)N=c2s/c(=C\c3cc(I)c(OCc4ccccc4)c(I)c3)c(=O)n2[C@@H]1c1ccc(OC)cc1. The van der Waals surface area contributed by atoms with E-state index in [1.807, 2.05) is 103 Å². The molecule has 1 atom stereocenters. The number of methoxy groups -OCH3 is 1. The summed E-state index contributed by atoms with van der Waals surface area (Å²) in [6.07, 6.45) is 1.87. The van der Waals surface area contributed by atoms with Crippen LogP contribution in [0.2, 0.25) is 0 Å². The second kappa shape index (κ2) is 14.3. The molecule has 0 spiro atoms. The fourth-order valence-electron chi connectivity index (χ4n) is 5.22. The van der Waals surface area contributed by atoms with Crippen LogP contribution >= 0.6 is 56.5 Å². The molecule has 0 N–H and O–H groups in total. The van der Waals surface area contributed by atoms with Gasteiger partial charge in [0.15, 0.2) is 4.80 Å². The number of halogens is 2. The van der Waals surface area contributed by atoms with Crippen molar-refractivity contribution in [1.82, 2.24) is 4.57 Å². The lowest BCUT2D eigenvalue weighted by Crippen LogP contribution is -2.40. The number of carbonyl (C=O) groups excluding carboxylic acids is 1. The summed E-state index contributed by atoms with van der Waals surface area (Å²) in [6, 6.07) is 30.2. The molecule has 1 aromatic heterocycles. The summed E-state index contributed by atoms with van der Waals surface area (Å²) in [4.78, 5) is 33.3. The molecule has 0 saturated carbocycles. The maximum atomic E-state index is 14.2. The van der Waals surface area contributed by atoms with E-state index in [0.717, 1.165) is 35.1 Å². The number of hydrogen-bond acceptors (Lipinski definition) is 7. The van der Waals surface area contributed by atoms with E-state index in [-0.39, 0.29) is 12.2 Å². The maximum Gasteiger partial charge on any atom is 0.338 e. The monoisotopic (exact) mass is 854 g/mol. The van der Waals surface area contributed by atoms with Gasteiger partial charge in [-0.3, -0.25) is 9.36 Å². The highest BCUT2D eigenvalue weighted by Gasteiger charge is 2.35. The van der Waals surface area contributed by atoms with Crippen LogP contribution in [-0.4, -0.2) is 24.3 Å². The molecule has 0 amide bonds. The van der Waals surface area contributed by atoms with Crippen molar-refractivity contribution in [2.45, 2.75) is 19.6 Å². The van der Waals surface area contributed by atoms with Gasteiger partial charge in [0, 0.05) is 5.56 Å². The van der Waals surface area contributed by atoms with E-state index in [9.17, 15) is 9.59 Å². The smallest absolute Gasteiger partial charge is 0.338 e. The largest absolute Gasteiger partial charge is 0.497 e. The number of aromatic nitrogens is 1. The Hall–Kier alpha value is -3.75. The summed E-state index contributed by atoms with van der Waals surface area (Å²) in [5.74, 6) is 0.951. The molecule has 0 aliphatic carbocycles. The van der Waals surface area contributed by atoms with Crippen LogP contribution in [0.3, 0.4) is 0 Å². The van der Waals surface area contributed by atoms with Crippen LogP contribution in [0.1, 0.15) is 35.2 Å². The van der Waals surface area contributed by atoms with E-state index in [1.54, 1.807) is 18.6 Å². The first kappa shape index (κ1) is 32.2. The van der Waals surface area contributed by atoms with Crippen LogP contribution in [0.4, 0.5) is 0 Å². The third-order valence-corrected chi connectivity index (χ3v) is 9.94. The normalized spacial score (nSPS) is 14.4. The number of esters is 1. The van der Waals surface area contributed by atoms with E-state index in [0.29, 0.717) is 33.0 Å². The van der Waals surface area contributed by atoms with Gasteiger partial charge in [-0.1, -0.05) is 84.1 Å². The summed E-state index contributed by atoms with van der Waals surface area (Å²) in [6.45, 7) is 2.41. The minimum absolute atomic E-state index is 0.187. The zero-order valence-electron chi connectivity index (χ0n) is 24.9. The highest BCUT2D eigenvalue weighted by Crippen LogP contribution is 2.36. The number of rotatable bonds is 9. The minimum Gasteiger partial charge on any atom is -0.497 e. The number of hydrogen-bond donors (Lipinski definition) is 0. The first-order chi connectivity index (χ1) is 22.4. The number of nitrogens with zero attached hydrogens (tertiary/aromatic N) is 2. The van der Waals surface area contributed by atoms with E-state index < -0.39 is 12.0 Å². The maximum absolute atomic E-state index is 14.2. The summed E-state index contributed by atoms with van der Waals surface area (Å²) < 4.78 is 21.1. The molecule has 7 nitrogen and oxygen atoms in total. The molecule has 1 aliphatic heterocycles. The topological polar surface area (TPSA) is 79.1 Å². The second-order valence-electron chi connectivity index (χ2n) is 10.3. The van der Waals surface area contributed by atoms with E-state index in [2.05, 4.69) is 45.2 Å². The van der Waals surface area contributed by atoms with Crippen LogP contribution in [0.15, 0.2) is 112 Å². The first-order valence-corrected chi connectivity index (χ1v) is 17.4. The van der Waals surface area contributed by atoms with Crippen LogP contribution in [-0.2, 0) is 16.1 Å². The molecule has 0 fully saturated rings. The molecule has 0 saturated heterocycles. The van der Waals surface area contributed by atoms with E-state index in [1.165, 1.54) is 11.3 Å². The molecule has 5 aromatic rings. The van der Waals surface area contributed by atoms with Crippen LogP contribution in [0, 0.1) is 7.14 Å². The van der Waals surface area contributed by atoms with Crippen molar-refractivity contribution < 1.29 is 19.0 Å².